The Kier molecular flexibility index (Phi) is 4.50. The second-order valence-corrected chi connectivity index (χ2v) is 5.48. The number of aryl methyl sites for hydroxylation is 1. The number of ether oxygens (including phenoxy) is 1. The lowest BCUT2D eigenvalue weighted by molar-refractivity contribution is -0.155. The average molecular weight is 271 g/mol. The van der Waals surface area contributed by atoms with Crippen LogP contribution in [0.2, 0.25) is 0 Å². The van der Waals surface area contributed by atoms with Crippen molar-refractivity contribution in [3.63, 3.8) is 0 Å². The Morgan fingerprint density at radius 3 is 2.37 bits per heavy atom. The van der Waals surface area contributed by atoms with Crippen molar-refractivity contribution in [2.45, 2.75) is 46.3 Å². The second-order valence-electron chi connectivity index (χ2n) is 5.48. The van der Waals surface area contributed by atoms with Gasteiger partial charge in [-0.15, -0.1) is 0 Å². The summed E-state index contributed by atoms with van der Waals surface area (Å²) in [5.74, 6) is -1.65. The van der Waals surface area contributed by atoms with Gasteiger partial charge in [0, 0.05) is 6.07 Å². The van der Waals surface area contributed by atoms with Gasteiger partial charge >= 0.3 is 5.97 Å². The van der Waals surface area contributed by atoms with Crippen LogP contribution < -0.4 is 5.32 Å². The molecule has 0 aliphatic carbocycles. The number of rotatable bonds is 3. The molecule has 0 amide bonds. The van der Waals surface area contributed by atoms with Crippen LogP contribution in [0.5, 0.6) is 0 Å². The van der Waals surface area contributed by atoms with E-state index in [4.69, 9.17) is 4.74 Å². The molecule has 0 radical (unpaired) electrons. The van der Waals surface area contributed by atoms with E-state index in [2.05, 4.69) is 5.32 Å². The third kappa shape index (κ3) is 4.50. The highest BCUT2D eigenvalue weighted by Crippen LogP contribution is 2.20. The molecule has 0 spiro atoms. The van der Waals surface area contributed by atoms with E-state index in [-0.39, 0.29) is 11.3 Å². The number of benzene rings is 1. The van der Waals surface area contributed by atoms with Crippen molar-refractivity contribution in [1.29, 1.82) is 0 Å². The highest BCUT2D eigenvalue weighted by atomic mass is 19.1. The monoisotopic (exact) mass is 271 g/mol. The van der Waals surface area contributed by atoms with E-state index in [1.54, 1.807) is 20.8 Å². The third-order valence-corrected chi connectivity index (χ3v) is 2.38. The lowest BCUT2D eigenvalue weighted by atomic mass is 10.1. The Labute approximate surface area is 112 Å². The largest absolute Gasteiger partial charge is 0.458 e. The van der Waals surface area contributed by atoms with Gasteiger partial charge in [-0.3, -0.25) is 0 Å². The lowest BCUT2D eigenvalue weighted by Gasteiger charge is -2.23. The minimum atomic E-state index is -0.768. The van der Waals surface area contributed by atoms with E-state index in [0.29, 0.717) is 0 Å². The van der Waals surface area contributed by atoms with E-state index in [0.717, 1.165) is 12.1 Å². The molecule has 3 nitrogen and oxygen atoms in total. The number of anilines is 1. The van der Waals surface area contributed by atoms with Crippen LogP contribution in [-0.4, -0.2) is 17.6 Å². The standard InChI is InChI=1S/C14H19F2NO2/c1-8-6-11(16)12(7-10(8)15)17-9(2)13(18)19-14(3,4)5/h6-7,9,17H,1-5H3. The molecule has 0 fully saturated rings. The van der Waals surface area contributed by atoms with Crippen LogP contribution >= 0.6 is 0 Å². The molecule has 1 rings (SSSR count). The van der Waals surface area contributed by atoms with Crippen molar-refractivity contribution < 1.29 is 18.3 Å². The SMILES string of the molecule is Cc1cc(F)c(NC(C)C(=O)OC(C)(C)C)cc1F. The van der Waals surface area contributed by atoms with Gasteiger partial charge in [0.2, 0.25) is 0 Å². The first kappa shape index (κ1) is 15.4. The molecule has 0 aliphatic rings. The Hall–Kier alpha value is -1.65. The van der Waals surface area contributed by atoms with Gasteiger partial charge in [0.15, 0.2) is 0 Å². The smallest absolute Gasteiger partial charge is 0.328 e. The van der Waals surface area contributed by atoms with Crippen LogP contribution in [0.1, 0.15) is 33.3 Å². The third-order valence-electron chi connectivity index (χ3n) is 2.38. The van der Waals surface area contributed by atoms with Gasteiger partial charge in [0.1, 0.15) is 23.3 Å². The number of hydrogen-bond acceptors (Lipinski definition) is 3. The minimum absolute atomic E-state index is 0.0542. The topological polar surface area (TPSA) is 38.3 Å². The van der Waals surface area contributed by atoms with Gasteiger partial charge in [0.25, 0.3) is 0 Å². The number of hydrogen-bond donors (Lipinski definition) is 1. The second kappa shape index (κ2) is 5.55. The van der Waals surface area contributed by atoms with Gasteiger partial charge < -0.3 is 10.1 Å². The normalized spacial score (nSPS) is 13.0. The fourth-order valence-corrected chi connectivity index (χ4v) is 1.44. The first-order valence-corrected chi connectivity index (χ1v) is 6.05. The van der Waals surface area contributed by atoms with Crippen molar-refractivity contribution in [3.05, 3.63) is 29.3 Å². The first-order chi connectivity index (χ1) is 8.60. The van der Waals surface area contributed by atoms with Crippen LogP contribution in [0.15, 0.2) is 12.1 Å². The highest BCUT2D eigenvalue weighted by Gasteiger charge is 2.22. The zero-order valence-corrected chi connectivity index (χ0v) is 11.8. The van der Waals surface area contributed by atoms with Crippen molar-refractivity contribution >= 4 is 11.7 Å². The molecule has 0 saturated heterocycles. The molecule has 0 bridgehead atoms. The number of halogens is 2. The summed E-state index contributed by atoms with van der Waals surface area (Å²) in [6.45, 7) is 8.22. The number of carbonyl (C=O) groups excluding carboxylic acids is 1. The summed E-state index contributed by atoms with van der Waals surface area (Å²) in [5.41, 5.74) is -0.459. The Bertz CT molecular complexity index is 481. The summed E-state index contributed by atoms with van der Waals surface area (Å²) in [6, 6.07) is 1.35. The zero-order chi connectivity index (χ0) is 14.8. The summed E-state index contributed by atoms with van der Waals surface area (Å²) in [5, 5.41) is 2.61. The summed E-state index contributed by atoms with van der Waals surface area (Å²) in [4.78, 5) is 11.7. The molecule has 1 aromatic carbocycles. The maximum absolute atomic E-state index is 13.6. The molecule has 0 saturated carbocycles. The van der Waals surface area contributed by atoms with Crippen LogP contribution in [0.25, 0.3) is 0 Å². The van der Waals surface area contributed by atoms with Crippen molar-refractivity contribution in [2.24, 2.45) is 0 Å². The molecule has 1 atom stereocenters. The predicted molar refractivity (Wildman–Crippen MR) is 70.0 cm³/mol. The number of nitrogens with one attached hydrogen (secondary N) is 1. The quantitative estimate of drug-likeness (QED) is 0.856. The zero-order valence-electron chi connectivity index (χ0n) is 11.8. The van der Waals surface area contributed by atoms with Gasteiger partial charge in [-0.05, 0) is 46.2 Å². The highest BCUT2D eigenvalue weighted by molar-refractivity contribution is 5.79. The summed E-state index contributed by atoms with van der Waals surface area (Å²) in [6.07, 6.45) is 0. The molecule has 0 aromatic heterocycles. The van der Waals surface area contributed by atoms with E-state index in [1.807, 2.05) is 0 Å². The predicted octanol–water partition coefficient (Wildman–Crippen LogP) is 3.42. The molecule has 106 valence electrons. The van der Waals surface area contributed by atoms with Crippen molar-refractivity contribution in [1.82, 2.24) is 0 Å². The number of esters is 1. The van der Waals surface area contributed by atoms with Crippen LogP contribution in [-0.2, 0) is 9.53 Å². The van der Waals surface area contributed by atoms with E-state index in [1.165, 1.54) is 13.8 Å². The molecule has 0 heterocycles. The van der Waals surface area contributed by atoms with Gasteiger partial charge in [-0.1, -0.05) is 0 Å². The van der Waals surface area contributed by atoms with E-state index in [9.17, 15) is 13.6 Å². The molecule has 1 N–H and O–H groups in total. The van der Waals surface area contributed by atoms with Crippen molar-refractivity contribution in [3.8, 4) is 0 Å². The number of carbonyl (C=O) groups is 1. The summed E-state index contributed by atoms with van der Waals surface area (Å²) in [7, 11) is 0. The van der Waals surface area contributed by atoms with Gasteiger partial charge in [-0.2, -0.15) is 0 Å². The summed E-state index contributed by atoms with van der Waals surface area (Å²) >= 11 is 0. The molecular weight excluding hydrogens is 252 g/mol. The Morgan fingerprint density at radius 2 is 1.84 bits per heavy atom. The van der Waals surface area contributed by atoms with Crippen LogP contribution in [0.3, 0.4) is 0 Å². The maximum atomic E-state index is 13.6. The Balaban J connectivity index is 2.80. The van der Waals surface area contributed by atoms with E-state index < -0.39 is 29.2 Å². The van der Waals surface area contributed by atoms with Gasteiger partial charge in [0.05, 0.1) is 5.69 Å². The molecule has 0 aliphatic heterocycles. The molecule has 5 heteroatoms. The van der Waals surface area contributed by atoms with Crippen molar-refractivity contribution in [2.75, 3.05) is 5.32 Å². The maximum Gasteiger partial charge on any atom is 0.328 e. The molecular formula is C14H19F2NO2. The fraction of sp³-hybridized carbons (Fsp3) is 0.500. The first-order valence-electron chi connectivity index (χ1n) is 6.05. The van der Waals surface area contributed by atoms with Crippen LogP contribution in [0, 0.1) is 18.6 Å². The van der Waals surface area contributed by atoms with E-state index >= 15 is 0 Å². The van der Waals surface area contributed by atoms with Gasteiger partial charge in [-0.25, -0.2) is 13.6 Å². The fourth-order valence-electron chi connectivity index (χ4n) is 1.44. The lowest BCUT2D eigenvalue weighted by Crippen LogP contribution is -2.34. The minimum Gasteiger partial charge on any atom is -0.458 e. The average Bonchev–Trinajstić information content (AvgIpc) is 2.23. The molecule has 1 unspecified atom stereocenters. The summed E-state index contributed by atoms with van der Waals surface area (Å²) < 4.78 is 32.1. The molecule has 19 heavy (non-hydrogen) atoms. The molecule has 1 aromatic rings. The Morgan fingerprint density at radius 1 is 1.26 bits per heavy atom. The van der Waals surface area contributed by atoms with Crippen LogP contribution in [0.4, 0.5) is 14.5 Å².